The normalized spacial score (nSPS) is 11.1. The molecule has 2 rings (SSSR count). The molecule has 0 atom stereocenters. The Morgan fingerprint density at radius 1 is 1.21 bits per heavy atom. The van der Waals surface area contributed by atoms with Crippen LogP contribution in [-0.2, 0) is 17.8 Å². The average Bonchev–Trinajstić information content (AvgIpc) is 3.10. The highest BCUT2D eigenvalue weighted by molar-refractivity contribution is 7.07. The lowest BCUT2D eigenvalue weighted by molar-refractivity contribution is -0.119. The largest absolute Gasteiger partial charge is 0.484 e. The molecule has 2 aromatic rings. The molecule has 0 unspecified atom stereocenters. The van der Waals surface area contributed by atoms with E-state index in [0.717, 1.165) is 25.5 Å². The smallest absolute Gasteiger partial charge is 0.255 e. The van der Waals surface area contributed by atoms with Crippen LogP contribution < -0.4 is 21.1 Å². The summed E-state index contributed by atoms with van der Waals surface area (Å²) >= 11 is 1.68. The lowest BCUT2D eigenvalue weighted by Crippen LogP contribution is -2.37. The Balaban J connectivity index is 1.71. The van der Waals surface area contributed by atoms with E-state index in [1.807, 2.05) is 24.3 Å². The maximum absolute atomic E-state index is 10.7. The van der Waals surface area contributed by atoms with Gasteiger partial charge in [0, 0.05) is 20.1 Å². The molecule has 6 nitrogen and oxygen atoms in total. The molecule has 1 aromatic carbocycles. The summed E-state index contributed by atoms with van der Waals surface area (Å²) < 4.78 is 5.23. The minimum atomic E-state index is -0.482. The second-order valence-electron chi connectivity index (χ2n) is 5.13. The summed E-state index contributed by atoms with van der Waals surface area (Å²) in [6, 6.07) is 9.70. The average molecular weight is 346 g/mol. The summed E-state index contributed by atoms with van der Waals surface area (Å²) in [7, 11) is 1.76. The number of carbonyl (C=O) groups is 1. The number of nitrogens with one attached hydrogen (secondary N) is 2. The molecule has 0 bridgehead atoms. The molecule has 128 valence electrons. The number of nitrogens with zero attached hydrogens (tertiary/aromatic N) is 1. The standard InChI is InChI=1S/C17H22N4O2S/c1-19-17(21-10-14-7-9-24-12-14)20-8-6-13-2-4-15(5-3-13)23-11-16(18)22/h2-5,7,9,12H,6,8,10-11H2,1H3,(H2,18,22)(H2,19,20,21). The van der Waals surface area contributed by atoms with E-state index in [9.17, 15) is 4.79 Å². The van der Waals surface area contributed by atoms with Gasteiger partial charge in [-0.1, -0.05) is 12.1 Å². The van der Waals surface area contributed by atoms with Gasteiger partial charge in [-0.3, -0.25) is 9.79 Å². The van der Waals surface area contributed by atoms with Gasteiger partial charge in [-0.15, -0.1) is 0 Å². The SMILES string of the molecule is CN=C(NCCc1ccc(OCC(N)=O)cc1)NCc1ccsc1. The summed E-state index contributed by atoms with van der Waals surface area (Å²) in [6.07, 6.45) is 0.856. The Morgan fingerprint density at radius 2 is 2.00 bits per heavy atom. The van der Waals surface area contributed by atoms with Gasteiger partial charge in [-0.25, -0.2) is 0 Å². The zero-order chi connectivity index (χ0) is 17.2. The predicted octanol–water partition coefficient (Wildman–Crippen LogP) is 1.52. The predicted molar refractivity (Wildman–Crippen MR) is 97.4 cm³/mol. The molecule has 1 aromatic heterocycles. The van der Waals surface area contributed by atoms with Crippen molar-refractivity contribution in [3.63, 3.8) is 0 Å². The van der Waals surface area contributed by atoms with Crippen molar-refractivity contribution in [2.45, 2.75) is 13.0 Å². The molecule has 0 radical (unpaired) electrons. The number of benzene rings is 1. The van der Waals surface area contributed by atoms with Crippen LogP contribution in [0.4, 0.5) is 0 Å². The van der Waals surface area contributed by atoms with Crippen LogP contribution in [0, 0.1) is 0 Å². The van der Waals surface area contributed by atoms with Gasteiger partial charge in [0.25, 0.3) is 5.91 Å². The van der Waals surface area contributed by atoms with Crippen molar-refractivity contribution in [3.8, 4) is 5.75 Å². The first-order valence-corrected chi connectivity index (χ1v) is 8.57. The number of thiophene rings is 1. The van der Waals surface area contributed by atoms with Crippen molar-refractivity contribution in [2.24, 2.45) is 10.7 Å². The van der Waals surface area contributed by atoms with E-state index in [2.05, 4.69) is 32.5 Å². The summed E-state index contributed by atoms with van der Waals surface area (Å²) in [5.74, 6) is 0.936. The molecular formula is C17H22N4O2S. The van der Waals surface area contributed by atoms with E-state index in [0.29, 0.717) is 5.75 Å². The second-order valence-corrected chi connectivity index (χ2v) is 5.91. The maximum Gasteiger partial charge on any atom is 0.255 e. The van der Waals surface area contributed by atoms with E-state index in [4.69, 9.17) is 10.5 Å². The molecule has 0 aliphatic carbocycles. The fourth-order valence-electron chi connectivity index (χ4n) is 2.03. The summed E-state index contributed by atoms with van der Waals surface area (Å²) in [4.78, 5) is 14.9. The third-order valence-corrected chi connectivity index (χ3v) is 4.01. The van der Waals surface area contributed by atoms with Gasteiger partial charge < -0.3 is 21.1 Å². The highest BCUT2D eigenvalue weighted by Crippen LogP contribution is 2.12. The Labute approximate surface area is 145 Å². The molecule has 24 heavy (non-hydrogen) atoms. The summed E-state index contributed by atoms with van der Waals surface area (Å²) in [5, 5.41) is 10.7. The minimum Gasteiger partial charge on any atom is -0.484 e. The van der Waals surface area contributed by atoms with E-state index >= 15 is 0 Å². The Kier molecular flexibility index (Phi) is 7.10. The van der Waals surface area contributed by atoms with E-state index in [1.54, 1.807) is 18.4 Å². The maximum atomic E-state index is 10.7. The van der Waals surface area contributed by atoms with Crippen LogP contribution in [-0.4, -0.2) is 32.1 Å². The van der Waals surface area contributed by atoms with Crippen LogP contribution in [0.15, 0.2) is 46.1 Å². The fourth-order valence-corrected chi connectivity index (χ4v) is 2.70. The molecule has 4 N–H and O–H groups in total. The van der Waals surface area contributed by atoms with Gasteiger partial charge >= 0.3 is 0 Å². The molecule has 0 fully saturated rings. The summed E-state index contributed by atoms with van der Waals surface area (Å²) in [5.41, 5.74) is 7.46. The number of guanidine groups is 1. The van der Waals surface area contributed by atoms with Crippen molar-refractivity contribution in [1.29, 1.82) is 0 Å². The van der Waals surface area contributed by atoms with Crippen LogP contribution in [0.2, 0.25) is 0 Å². The van der Waals surface area contributed by atoms with Crippen LogP contribution in [0.3, 0.4) is 0 Å². The van der Waals surface area contributed by atoms with Crippen LogP contribution >= 0.6 is 11.3 Å². The van der Waals surface area contributed by atoms with E-state index in [-0.39, 0.29) is 6.61 Å². The van der Waals surface area contributed by atoms with Crippen molar-refractivity contribution >= 4 is 23.2 Å². The fraction of sp³-hybridized carbons (Fsp3) is 0.294. The lowest BCUT2D eigenvalue weighted by Gasteiger charge is -2.11. The number of nitrogens with two attached hydrogens (primary N) is 1. The van der Waals surface area contributed by atoms with Gasteiger partial charge in [-0.2, -0.15) is 11.3 Å². The Morgan fingerprint density at radius 3 is 2.62 bits per heavy atom. The number of amides is 1. The molecule has 0 saturated carbocycles. The number of aliphatic imine (C=N–C) groups is 1. The second kappa shape index (κ2) is 9.57. The van der Waals surface area contributed by atoms with Crippen molar-refractivity contribution in [1.82, 2.24) is 10.6 Å². The first-order chi connectivity index (χ1) is 11.7. The molecule has 7 heteroatoms. The highest BCUT2D eigenvalue weighted by atomic mass is 32.1. The van der Waals surface area contributed by atoms with Crippen molar-refractivity contribution in [2.75, 3.05) is 20.2 Å². The molecule has 0 spiro atoms. The number of carbonyl (C=O) groups excluding carboxylic acids is 1. The third kappa shape index (κ3) is 6.29. The monoisotopic (exact) mass is 346 g/mol. The molecule has 0 aliphatic heterocycles. The van der Waals surface area contributed by atoms with Crippen molar-refractivity contribution < 1.29 is 9.53 Å². The number of primary amides is 1. The van der Waals surface area contributed by atoms with Gasteiger partial charge in [0.15, 0.2) is 12.6 Å². The third-order valence-electron chi connectivity index (χ3n) is 3.27. The molecule has 0 saturated heterocycles. The number of ether oxygens (including phenoxy) is 1. The number of hydrogen-bond acceptors (Lipinski definition) is 4. The molecule has 1 amide bonds. The Bertz CT molecular complexity index is 654. The van der Waals surface area contributed by atoms with E-state index < -0.39 is 5.91 Å². The lowest BCUT2D eigenvalue weighted by atomic mass is 10.1. The van der Waals surface area contributed by atoms with Crippen molar-refractivity contribution in [3.05, 3.63) is 52.2 Å². The Hall–Kier alpha value is -2.54. The number of hydrogen-bond donors (Lipinski definition) is 3. The van der Waals surface area contributed by atoms with Crippen LogP contribution in [0.5, 0.6) is 5.75 Å². The zero-order valence-corrected chi connectivity index (χ0v) is 14.4. The van der Waals surface area contributed by atoms with Gasteiger partial charge in [0.2, 0.25) is 0 Å². The quantitative estimate of drug-likeness (QED) is 0.499. The van der Waals surface area contributed by atoms with Gasteiger partial charge in [0.05, 0.1) is 0 Å². The van der Waals surface area contributed by atoms with Gasteiger partial charge in [-0.05, 0) is 46.5 Å². The molecular weight excluding hydrogens is 324 g/mol. The van der Waals surface area contributed by atoms with E-state index in [1.165, 1.54) is 11.1 Å². The first-order valence-electron chi connectivity index (χ1n) is 7.63. The topological polar surface area (TPSA) is 88.7 Å². The summed E-state index contributed by atoms with van der Waals surface area (Å²) in [6.45, 7) is 1.42. The van der Waals surface area contributed by atoms with Crippen LogP contribution in [0.25, 0.3) is 0 Å². The highest BCUT2D eigenvalue weighted by Gasteiger charge is 2.01. The zero-order valence-electron chi connectivity index (χ0n) is 13.6. The minimum absolute atomic E-state index is 0.104. The van der Waals surface area contributed by atoms with Crippen LogP contribution in [0.1, 0.15) is 11.1 Å². The first kappa shape index (κ1) is 17.8. The van der Waals surface area contributed by atoms with Gasteiger partial charge in [0.1, 0.15) is 5.75 Å². The molecule has 0 aliphatic rings. The number of rotatable bonds is 8. The molecule has 1 heterocycles.